The van der Waals surface area contributed by atoms with Crippen molar-refractivity contribution in [3.63, 3.8) is 0 Å². The first-order valence-corrected chi connectivity index (χ1v) is 10.3. The monoisotopic (exact) mass is 334 g/mol. The number of rotatable bonds is 6. The van der Waals surface area contributed by atoms with E-state index < -0.39 is 13.0 Å². The van der Waals surface area contributed by atoms with Crippen LogP contribution in [0.4, 0.5) is 0 Å². The molecule has 0 aliphatic heterocycles. The molecule has 0 aromatic heterocycles. The summed E-state index contributed by atoms with van der Waals surface area (Å²) < 4.78 is 35.3. The molecule has 0 spiro atoms. The summed E-state index contributed by atoms with van der Waals surface area (Å²) in [7, 11) is -3.22. The zero-order valence-corrected chi connectivity index (χ0v) is 13.2. The van der Waals surface area contributed by atoms with E-state index in [4.69, 9.17) is 13.6 Å². The predicted molar refractivity (Wildman–Crippen MR) is 67.7 cm³/mol. The van der Waals surface area contributed by atoms with Gasteiger partial charge in [0.1, 0.15) is 0 Å². The summed E-state index contributed by atoms with van der Waals surface area (Å²) in [5.41, 5.74) is 0. The Morgan fingerprint density at radius 1 is 0.812 bits per heavy atom. The van der Waals surface area contributed by atoms with Gasteiger partial charge in [-0.1, -0.05) is 0 Å². The van der Waals surface area contributed by atoms with Crippen LogP contribution in [0, 0.1) is 0 Å². The van der Waals surface area contributed by atoms with E-state index >= 15 is 0 Å². The lowest BCUT2D eigenvalue weighted by molar-refractivity contribution is 0.126. The lowest BCUT2D eigenvalue weighted by Gasteiger charge is -2.14. The Morgan fingerprint density at radius 2 is 1.00 bits per heavy atom. The van der Waals surface area contributed by atoms with Crippen molar-refractivity contribution in [3.05, 3.63) is 0 Å². The largest absolute Gasteiger partial charge is 0.474 e. The Labute approximate surface area is 110 Å². The Kier molecular flexibility index (Phi) is 12.4. The summed E-state index contributed by atoms with van der Waals surface area (Å²) in [5, 5.41) is -3.22. The second-order valence-electron chi connectivity index (χ2n) is 2.10. The summed E-state index contributed by atoms with van der Waals surface area (Å²) in [6.45, 7) is 6.21. The molecule has 0 atom stereocenters. The minimum atomic E-state index is -3.22. The summed E-state index contributed by atoms with van der Waals surface area (Å²) in [6, 6.07) is 0. The van der Waals surface area contributed by atoms with Gasteiger partial charge in [0, 0.05) is 0 Å². The van der Waals surface area contributed by atoms with Crippen molar-refractivity contribution in [2.24, 2.45) is 0 Å². The molecule has 0 N–H and O–H groups in total. The van der Waals surface area contributed by atoms with Crippen molar-refractivity contribution in [2.45, 2.75) is 20.8 Å². The Bertz CT molecular complexity index is 225. The van der Waals surface area contributed by atoms with Crippen LogP contribution in [-0.4, -0.2) is 19.8 Å². The van der Waals surface area contributed by atoms with Gasteiger partial charge in [-0.2, -0.15) is 0 Å². The average Bonchev–Trinajstić information content (AvgIpc) is 2.01. The maximum Gasteiger partial charge on any atom is 0.474 e. The molecule has 0 aromatic rings. The van der Waals surface area contributed by atoms with Crippen molar-refractivity contribution in [1.82, 2.24) is 0 Å². The lowest BCUT2D eigenvalue weighted by Crippen LogP contribution is -1.99. The molecule has 0 amide bonds. The summed E-state index contributed by atoms with van der Waals surface area (Å²) in [5.74, 6) is 0. The van der Waals surface area contributed by atoms with Gasteiger partial charge in [0.25, 0.3) is 0 Å². The normalized spacial score (nSPS) is 11.9. The molecule has 0 aliphatic rings. The molecule has 0 bridgehead atoms. The van der Waals surface area contributed by atoms with Gasteiger partial charge in [-0.15, -0.1) is 0 Å². The maximum absolute atomic E-state index is 11.3. The third kappa shape index (κ3) is 17.6. The van der Waals surface area contributed by atoms with Crippen molar-refractivity contribution >= 4 is 46.7 Å². The van der Waals surface area contributed by atoms with Gasteiger partial charge in [-0.3, -0.25) is 18.1 Å². The fourth-order valence-electron chi connectivity index (χ4n) is 0.586. The van der Waals surface area contributed by atoms with Crippen LogP contribution in [0.1, 0.15) is 20.8 Å². The van der Waals surface area contributed by atoms with E-state index in [1.54, 1.807) is 20.8 Å². The molecule has 0 heterocycles. The van der Waals surface area contributed by atoms with Crippen LogP contribution in [0.3, 0.4) is 0 Å². The third-order valence-corrected chi connectivity index (χ3v) is 2.58. The minimum Gasteiger partial charge on any atom is -0.287 e. The van der Waals surface area contributed by atoms with Gasteiger partial charge >= 0.3 is 13.0 Å². The highest BCUT2D eigenvalue weighted by Gasteiger charge is 2.23. The molecule has 0 aliphatic carbocycles. The molecule has 5 nitrogen and oxygen atoms in total. The van der Waals surface area contributed by atoms with Crippen LogP contribution in [0.25, 0.3) is 0 Å². The first kappa shape index (κ1) is 19.5. The quantitative estimate of drug-likeness (QED) is 0.638. The van der Waals surface area contributed by atoms with E-state index in [2.05, 4.69) is 33.7 Å². The van der Waals surface area contributed by atoms with Crippen LogP contribution in [-0.2, 0) is 22.7 Å². The molecule has 0 rings (SSSR count). The van der Waals surface area contributed by atoms with Gasteiger partial charge in [0.05, 0.1) is 19.8 Å². The molecule has 16 heavy (non-hydrogen) atoms. The molecular formula is C6H15Cl3O5P2. The van der Waals surface area contributed by atoms with Gasteiger partial charge in [0.15, 0.2) is 0 Å². The highest BCUT2D eigenvalue weighted by atomic mass is 36.0. The Balaban J connectivity index is 0. The fraction of sp³-hybridized carbons (Fsp3) is 1.00. The van der Waals surface area contributed by atoms with E-state index in [1.165, 1.54) is 0 Å². The topological polar surface area (TPSA) is 61.8 Å². The second-order valence-corrected chi connectivity index (χ2v) is 10.4. The smallest absolute Gasteiger partial charge is 0.287 e. The molecular weight excluding hydrogens is 320 g/mol. The molecule has 100 valence electrons. The summed E-state index contributed by atoms with van der Waals surface area (Å²) in [6.07, 6.45) is 0. The SMILES string of the molecule is CCOP(=O)(OCC)OCC.O=P(Cl)(Cl)Cl. The van der Waals surface area contributed by atoms with Crippen LogP contribution in [0.2, 0.25) is 0 Å². The standard InChI is InChI=1S/C6H15O4P.Cl3OP/c1-4-8-11(7,9-5-2)10-6-3;1-5(2,3)4/h4-6H2,1-3H3;. The zero-order chi connectivity index (χ0) is 13.2. The van der Waals surface area contributed by atoms with Crippen LogP contribution in [0.5, 0.6) is 0 Å². The van der Waals surface area contributed by atoms with Gasteiger partial charge in [-0.25, -0.2) is 4.57 Å². The predicted octanol–water partition coefficient (Wildman–Crippen LogP) is 5.01. The van der Waals surface area contributed by atoms with Crippen molar-refractivity contribution in [2.75, 3.05) is 19.8 Å². The van der Waals surface area contributed by atoms with E-state index in [9.17, 15) is 9.13 Å². The highest BCUT2D eigenvalue weighted by molar-refractivity contribution is 8.24. The van der Waals surface area contributed by atoms with Crippen LogP contribution in [0.15, 0.2) is 0 Å². The number of hydrogen-bond acceptors (Lipinski definition) is 5. The average molecular weight is 335 g/mol. The molecule has 0 saturated heterocycles. The third-order valence-electron chi connectivity index (χ3n) is 0.862. The Hall–Kier alpha value is 1.21. The van der Waals surface area contributed by atoms with Crippen LogP contribution >= 0.6 is 46.7 Å². The van der Waals surface area contributed by atoms with E-state index in [0.717, 1.165) is 0 Å². The second kappa shape index (κ2) is 10.2. The molecule has 0 saturated carbocycles. The van der Waals surface area contributed by atoms with Crippen molar-refractivity contribution in [3.8, 4) is 0 Å². The van der Waals surface area contributed by atoms with E-state index in [0.29, 0.717) is 19.8 Å². The van der Waals surface area contributed by atoms with Gasteiger partial charge in [-0.05, 0) is 54.5 Å². The number of hydrogen-bond donors (Lipinski definition) is 0. The first-order chi connectivity index (χ1) is 7.18. The molecule has 0 unspecified atom stereocenters. The van der Waals surface area contributed by atoms with E-state index in [-0.39, 0.29) is 0 Å². The summed E-state index contributed by atoms with van der Waals surface area (Å²) >= 11 is 13.8. The number of halogens is 3. The van der Waals surface area contributed by atoms with Crippen LogP contribution < -0.4 is 0 Å². The summed E-state index contributed by atoms with van der Waals surface area (Å²) in [4.78, 5) is 0. The molecule has 0 fully saturated rings. The van der Waals surface area contributed by atoms with E-state index in [1.807, 2.05) is 0 Å². The Morgan fingerprint density at radius 3 is 1.12 bits per heavy atom. The maximum atomic E-state index is 11.3. The highest BCUT2D eigenvalue weighted by Crippen LogP contribution is 2.61. The fourth-order valence-corrected chi connectivity index (χ4v) is 1.76. The number of phosphoric acid groups is 1. The van der Waals surface area contributed by atoms with Crippen molar-refractivity contribution in [1.29, 1.82) is 0 Å². The zero-order valence-electron chi connectivity index (χ0n) is 9.19. The molecule has 0 radical (unpaired) electrons. The molecule has 10 heteroatoms. The van der Waals surface area contributed by atoms with Crippen molar-refractivity contribution < 1.29 is 22.7 Å². The minimum absolute atomic E-state index is 0.331. The van der Waals surface area contributed by atoms with Gasteiger partial charge in [0.2, 0.25) is 0 Å². The molecule has 0 aromatic carbocycles. The lowest BCUT2D eigenvalue weighted by atomic mass is 10.9. The first-order valence-electron chi connectivity index (χ1n) is 4.41. The number of phosphoric ester groups is 1. The van der Waals surface area contributed by atoms with Gasteiger partial charge < -0.3 is 0 Å².